The molecule has 37 heavy (non-hydrogen) atoms. The molecule has 0 bridgehead atoms. The Morgan fingerprint density at radius 3 is 2.43 bits per heavy atom. The number of carbonyl (C=O) groups is 3. The van der Waals surface area contributed by atoms with Gasteiger partial charge in [-0.25, -0.2) is 4.79 Å². The maximum absolute atomic E-state index is 13.3. The smallest absolute Gasteiger partial charge is 0.410 e. The summed E-state index contributed by atoms with van der Waals surface area (Å²) in [6.07, 6.45) is -1.53. The molecule has 0 N–H and O–H groups in total. The van der Waals surface area contributed by atoms with Gasteiger partial charge in [0.15, 0.2) is 12.9 Å². The first-order valence-electron chi connectivity index (χ1n) is 12.3. The lowest BCUT2D eigenvalue weighted by Gasteiger charge is -2.44. The van der Waals surface area contributed by atoms with Crippen molar-refractivity contribution in [1.82, 2.24) is 9.80 Å². The summed E-state index contributed by atoms with van der Waals surface area (Å²) in [5.74, 6) is -0.568. The molecule has 2 fully saturated rings. The highest BCUT2D eigenvalue weighted by Gasteiger charge is 2.50. The summed E-state index contributed by atoms with van der Waals surface area (Å²) < 4.78 is 22.2. The van der Waals surface area contributed by atoms with Crippen molar-refractivity contribution < 1.29 is 33.3 Å². The Morgan fingerprint density at radius 1 is 1.16 bits per heavy atom. The van der Waals surface area contributed by atoms with E-state index in [4.69, 9.17) is 42.1 Å². The molecule has 12 heteroatoms. The summed E-state index contributed by atoms with van der Waals surface area (Å²) in [4.78, 5) is 40.1. The fourth-order valence-corrected chi connectivity index (χ4v) is 5.43. The second kappa shape index (κ2) is 11.8. The molecule has 206 valence electrons. The quantitative estimate of drug-likeness (QED) is 0.172. The second-order valence-corrected chi connectivity index (χ2v) is 17.9. The molecule has 2 amide bonds. The summed E-state index contributed by atoms with van der Waals surface area (Å²) in [6.45, 7) is 13.9. The fraction of sp³-hybridized carbons (Fsp3) is 0.640. The SMILES string of the molecule is CC(C)(C)OC(=O)N1CC(N2C[C@@H](c3c(OCOCC[Si](C)(C)C)ccc(Cl)c3Cl)[C@H](OC=O)C2=O)C1. The van der Waals surface area contributed by atoms with Crippen LogP contribution in [0, 0.1) is 0 Å². The van der Waals surface area contributed by atoms with Crippen molar-refractivity contribution in [3.05, 3.63) is 27.7 Å². The van der Waals surface area contributed by atoms with Crippen LogP contribution in [0.4, 0.5) is 4.79 Å². The molecule has 2 aliphatic rings. The van der Waals surface area contributed by atoms with Crippen LogP contribution in [0.25, 0.3) is 0 Å². The van der Waals surface area contributed by atoms with Gasteiger partial charge in [-0.05, 0) is 38.9 Å². The summed E-state index contributed by atoms with van der Waals surface area (Å²) in [5, 5.41) is 0.517. The number of hydrogen-bond acceptors (Lipinski definition) is 7. The molecule has 2 atom stereocenters. The number of halogens is 2. The molecule has 0 saturated carbocycles. The van der Waals surface area contributed by atoms with E-state index in [1.54, 1.807) is 37.8 Å². The molecular weight excluding hydrogens is 539 g/mol. The zero-order chi connectivity index (χ0) is 27.5. The van der Waals surface area contributed by atoms with Crippen LogP contribution in [-0.4, -0.2) is 87.1 Å². The van der Waals surface area contributed by atoms with E-state index in [1.807, 2.05) is 0 Å². The van der Waals surface area contributed by atoms with Gasteiger partial charge in [-0.3, -0.25) is 9.59 Å². The lowest BCUT2D eigenvalue weighted by atomic mass is 9.94. The molecule has 0 aromatic heterocycles. The summed E-state index contributed by atoms with van der Waals surface area (Å²) in [5.41, 5.74) is -0.133. The Hall–Kier alpha value is -2.01. The zero-order valence-electron chi connectivity index (χ0n) is 22.2. The number of amides is 2. The number of carbonyl (C=O) groups excluding carboxylic acids is 3. The highest BCUT2D eigenvalue weighted by Crippen LogP contribution is 2.44. The maximum atomic E-state index is 13.3. The number of likely N-dealkylation sites (tertiary alicyclic amines) is 2. The lowest BCUT2D eigenvalue weighted by molar-refractivity contribution is -0.149. The van der Waals surface area contributed by atoms with E-state index in [9.17, 15) is 14.4 Å². The van der Waals surface area contributed by atoms with Crippen molar-refractivity contribution in [2.75, 3.05) is 33.0 Å². The van der Waals surface area contributed by atoms with Crippen LogP contribution < -0.4 is 4.74 Å². The van der Waals surface area contributed by atoms with Gasteiger partial charge in [0.05, 0.1) is 22.0 Å². The van der Waals surface area contributed by atoms with Crippen molar-refractivity contribution in [3.8, 4) is 5.75 Å². The van der Waals surface area contributed by atoms with E-state index in [-0.39, 0.29) is 36.8 Å². The van der Waals surface area contributed by atoms with Gasteiger partial charge >= 0.3 is 6.09 Å². The Kier molecular flexibility index (Phi) is 9.42. The van der Waals surface area contributed by atoms with Gasteiger partial charge in [-0.15, -0.1) is 0 Å². The standard InChI is InChI=1S/C25H36Cl2N2O7Si/c1-25(2,3)36-24(32)28-11-16(12-28)29-13-17(22(23(29)31)34-14-30)20-19(8-7-18(26)21(20)27)35-15-33-9-10-37(4,5)6/h7-8,14,16-17,22H,9-13,15H2,1-6H3/t17-,22-/m0/s1. The topological polar surface area (TPSA) is 94.6 Å². The molecule has 3 rings (SSSR count). The first-order valence-corrected chi connectivity index (χ1v) is 16.7. The van der Waals surface area contributed by atoms with Crippen LogP contribution in [-0.2, 0) is 23.8 Å². The summed E-state index contributed by atoms with van der Waals surface area (Å²) in [6, 6.07) is 4.03. The van der Waals surface area contributed by atoms with Crippen molar-refractivity contribution in [3.63, 3.8) is 0 Å². The van der Waals surface area contributed by atoms with Crippen molar-refractivity contribution in [2.24, 2.45) is 0 Å². The Bertz CT molecular complexity index is 1010. The first-order chi connectivity index (χ1) is 17.2. The highest BCUT2D eigenvalue weighted by molar-refractivity contribution is 6.76. The molecule has 0 unspecified atom stereocenters. The van der Waals surface area contributed by atoms with E-state index in [0.717, 1.165) is 6.04 Å². The van der Waals surface area contributed by atoms with E-state index in [1.165, 1.54) is 4.90 Å². The molecule has 0 aliphatic carbocycles. The number of nitrogens with zero attached hydrogens (tertiary/aromatic N) is 2. The van der Waals surface area contributed by atoms with Crippen molar-refractivity contribution in [1.29, 1.82) is 0 Å². The number of benzene rings is 1. The predicted octanol–water partition coefficient (Wildman–Crippen LogP) is 4.77. The maximum Gasteiger partial charge on any atom is 0.410 e. The van der Waals surface area contributed by atoms with Gasteiger partial charge in [0.2, 0.25) is 0 Å². The number of hydrogen-bond donors (Lipinski definition) is 0. The van der Waals surface area contributed by atoms with Gasteiger partial charge in [0, 0.05) is 39.9 Å². The third-order valence-electron chi connectivity index (χ3n) is 6.20. The second-order valence-electron chi connectivity index (χ2n) is 11.5. The van der Waals surface area contributed by atoms with Crippen LogP contribution in [0.5, 0.6) is 5.75 Å². The average molecular weight is 576 g/mol. The Morgan fingerprint density at radius 2 is 1.84 bits per heavy atom. The largest absolute Gasteiger partial charge is 0.467 e. The van der Waals surface area contributed by atoms with E-state index < -0.39 is 31.8 Å². The van der Waals surface area contributed by atoms with Crippen molar-refractivity contribution in [2.45, 2.75) is 70.1 Å². The van der Waals surface area contributed by atoms with Crippen molar-refractivity contribution >= 4 is 49.7 Å². The van der Waals surface area contributed by atoms with Crippen LogP contribution in [0.15, 0.2) is 12.1 Å². The van der Waals surface area contributed by atoms with Gasteiger partial charge in [-0.2, -0.15) is 0 Å². The van der Waals surface area contributed by atoms with Gasteiger partial charge in [0.1, 0.15) is 11.4 Å². The van der Waals surface area contributed by atoms with Crippen LogP contribution in [0.3, 0.4) is 0 Å². The molecule has 0 radical (unpaired) electrons. The Labute approximate surface area is 229 Å². The lowest BCUT2D eigenvalue weighted by Crippen LogP contribution is -2.62. The molecule has 2 saturated heterocycles. The number of rotatable bonds is 10. The number of ether oxygens (including phenoxy) is 4. The predicted molar refractivity (Wildman–Crippen MR) is 143 cm³/mol. The summed E-state index contributed by atoms with van der Waals surface area (Å²) >= 11 is 12.9. The van der Waals surface area contributed by atoms with Crippen LogP contribution in [0.1, 0.15) is 32.3 Å². The normalized spacial score (nSPS) is 20.6. The van der Waals surface area contributed by atoms with E-state index in [2.05, 4.69) is 19.6 Å². The van der Waals surface area contributed by atoms with Crippen LogP contribution >= 0.6 is 23.2 Å². The van der Waals surface area contributed by atoms with E-state index >= 15 is 0 Å². The minimum Gasteiger partial charge on any atom is -0.467 e. The van der Waals surface area contributed by atoms with Gasteiger partial charge in [-0.1, -0.05) is 42.8 Å². The fourth-order valence-electron chi connectivity index (χ4n) is 4.21. The molecule has 0 spiro atoms. The van der Waals surface area contributed by atoms with Crippen LogP contribution in [0.2, 0.25) is 35.7 Å². The van der Waals surface area contributed by atoms with Gasteiger partial charge in [0.25, 0.3) is 12.4 Å². The molecule has 2 heterocycles. The van der Waals surface area contributed by atoms with Gasteiger partial charge < -0.3 is 28.7 Å². The highest BCUT2D eigenvalue weighted by atomic mass is 35.5. The minimum atomic E-state index is -1.25. The zero-order valence-corrected chi connectivity index (χ0v) is 24.7. The average Bonchev–Trinajstić information content (AvgIpc) is 3.03. The molecular formula is C25H36Cl2N2O7Si. The summed E-state index contributed by atoms with van der Waals surface area (Å²) in [7, 11) is -1.25. The minimum absolute atomic E-state index is 0.00645. The molecule has 9 nitrogen and oxygen atoms in total. The third-order valence-corrected chi connectivity index (χ3v) is 8.72. The monoisotopic (exact) mass is 574 g/mol. The van der Waals surface area contributed by atoms with E-state index in [0.29, 0.717) is 36.0 Å². The molecule has 1 aromatic rings. The first kappa shape index (κ1) is 29.5. The third kappa shape index (κ3) is 7.52. The Balaban J connectivity index is 1.75. The molecule has 1 aromatic carbocycles. The molecule has 2 aliphatic heterocycles.